The van der Waals surface area contributed by atoms with E-state index in [1.165, 1.54) is 12.8 Å². The molecule has 2 aromatic rings. The first-order chi connectivity index (χ1) is 12.6. The van der Waals surface area contributed by atoms with Crippen LogP contribution in [0, 0.1) is 0 Å². The average Bonchev–Trinajstić information content (AvgIpc) is 3.24. The smallest absolute Gasteiger partial charge is 0.241 e. The van der Waals surface area contributed by atoms with Crippen molar-refractivity contribution >= 4 is 23.4 Å². The van der Waals surface area contributed by atoms with Crippen LogP contribution < -0.4 is 21.3 Å². The van der Waals surface area contributed by atoms with Gasteiger partial charge in [-0.05, 0) is 39.3 Å². The van der Waals surface area contributed by atoms with Gasteiger partial charge in [-0.2, -0.15) is 10.1 Å². The predicted octanol–water partition coefficient (Wildman–Crippen LogP) is 1.11. The van der Waals surface area contributed by atoms with Gasteiger partial charge in [-0.15, -0.1) is 0 Å². The Hall–Kier alpha value is -2.68. The van der Waals surface area contributed by atoms with Crippen molar-refractivity contribution in [2.75, 3.05) is 23.7 Å². The van der Waals surface area contributed by atoms with E-state index in [-0.39, 0.29) is 18.5 Å². The van der Waals surface area contributed by atoms with E-state index in [4.69, 9.17) is 0 Å². The molecule has 0 radical (unpaired) electrons. The minimum Gasteiger partial charge on any atom is -0.368 e. The molecular formula is C17H26N8O. The molecular weight excluding hydrogens is 332 g/mol. The van der Waals surface area contributed by atoms with Crippen molar-refractivity contribution in [2.45, 2.75) is 45.3 Å². The van der Waals surface area contributed by atoms with Crippen molar-refractivity contribution in [3.63, 3.8) is 0 Å². The number of nitrogens with one attached hydrogen (secondary N) is 4. The van der Waals surface area contributed by atoms with Crippen LogP contribution in [0.15, 0.2) is 24.7 Å². The van der Waals surface area contributed by atoms with Gasteiger partial charge in [-0.25, -0.2) is 4.98 Å². The van der Waals surface area contributed by atoms with E-state index in [0.717, 1.165) is 24.6 Å². The quantitative estimate of drug-likeness (QED) is 0.560. The van der Waals surface area contributed by atoms with Gasteiger partial charge in [0.15, 0.2) is 0 Å². The SMILES string of the molecule is CC(C)NC(=O)Cn1cc(Nc2nccc(NCC3CCCN3)n2)cn1. The highest BCUT2D eigenvalue weighted by atomic mass is 16.2. The number of anilines is 3. The summed E-state index contributed by atoms with van der Waals surface area (Å²) in [6, 6.07) is 2.45. The van der Waals surface area contributed by atoms with Crippen LogP contribution in [0.5, 0.6) is 0 Å². The van der Waals surface area contributed by atoms with Crippen molar-refractivity contribution in [1.29, 1.82) is 0 Å². The summed E-state index contributed by atoms with van der Waals surface area (Å²) < 4.78 is 1.58. The second kappa shape index (κ2) is 8.61. The third-order valence-corrected chi connectivity index (χ3v) is 3.99. The van der Waals surface area contributed by atoms with Gasteiger partial charge < -0.3 is 21.3 Å². The van der Waals surface area contributed by atoms with E-state index in [1.807, 2.05) is 19.9 Å². The highest BCUT2D eigenvalue weighted by Gasteiger charge is 2.13. The molecule has 1 fully saturated rings. The topological polar surface area (TPSA) is 109 Å². The number of carbonyl (C=O) groups excluding carboxylic acids is 1. The first kappa shape index (κ1) is 18.1. The average molecular weight is 358 g/mol. The van der Waals surface area contributed by atoms with Gasteiger partial charge in [0.1, 0.15) is 12.4 Å². The molecule has 0 bridgehead atoms. The molecule has 9 nitrogen and oxygen atoms in total. The van der Waals surface area contributed by atoms with E-state index in [1.54, 1.807) is 23.3 Å². The van der Waals surface area contributed by atoms with Crippen LogP contribution in [0.1, 0.15) is 26.7 Å². The van der Waals surface area contributed by atoms with E-state index in [2.05, 4.69) is 36.3 Å². The number of aromatic nitrogens is 4. The van der Waals surface area contributed by atoms with Crippen LogP contribution in [0.4, 0.5) is 17.5 Å². The Morgan fingerprint density at radius 2 is 2.35 bits per heavy atom. The summed E-state index contributed by atoms with van der Waals surface area (Å²) in [7, 11) is 0. The zero-order valence-corrected chi connectivity index (χ0v) is 15.2. The van der Waals surface area contributed by atoms with Crippen molar-refractivity contribution < 1.29 is 4.79 Å². The van der Waals surface area contributed by atoms with Crippen LogP contribution in [0.2, 0.25) is 0 Å². The van der Waals surface area contributed by atoms with Crippen LogP contribution in [-0.2, 0) is 11.3 Å². The summed E-state index contributed by atoms with van der Waals surface area (Å²) in [4.78, 5) is 20.5. The Morgan fingerprint density at radius 3 is 3.12 bits per heavy atom. The Morgan fingerprint density at radius 1 is 1.46 bits per heavy atom. The zero-order valence-electron chi connectivity index (χ0n) is 15.2. The van der Waals surface area contributed by atoms with E-state index < -0.39 is 0 Å². The van der Waals surface area contributed by atoms with Crippen molar-refractivity contribution in [3.8, 4) is 0 Å². The van der Waals surface area contributed by atoms with Crippen LogP contribution in [-0.4, -0.2) is 50.8 Å². The number of nitrogens with zero attached hydrogens (tertiary/aromatic N) is 4. The maximum Gasteiger partial charge on any atom is 0.241 e. The lowest BCUT2D eigenvalue weighted by Gasteiger charge is -2.12. The van der Waals surface area contributed by atoms with Gasteiger partial charge in [0, 0.05) is 31.0 Å². The molecule has 1 aliphatic heterocycles. The van der Waals surface area contributed by atoms with Gasteiger partial charge in [0.25, 0.3) is 0 Å². The summed E-state index contributed by atoms with van der Waals surface area (Å²) >= 11 is 0. The van der Waals surface area contributed by atoms with Gasteiger partial charge in [0.05, 0.1) is 11.9 Å². The second-order valence-electron chi connectivity index (χ2n) is 6.71. The molecule has 3 heterocycles. The molecule has 0 saturated carbocycles. The van der Waals surface area contributed by atoms with Crippen LogP contribution in [0.25, 0.3) is 0 Å². The Balaban J connectivity index is 1.53. The molecule has 1 atom stereocenters. The molecule has 2 aromatic heterocycles. The number of rotatable bonds is 8. The van der Waals surface area contributed by atoms with Crippen molar-refractivity contribution in [1.82, 2.24) is 30.4 Å². The number of carbonyl (C=O) groups is 1. The number of hydrogen-bond acceptors (Lipinski definition) is 7. The normalized spacial score (nSPS) is 16.7. The minimum absolute atomic E-state index is 0.0716. The van der Waals surface area contributed by atoms with Gasteiger partial charge in [-0.1, -0.05) is 0 Å². The van der Waals surface area contributed by atoms with Gasteiger partial charge in [0.2, 0.25) is 11.9 Å². The van der Waals surface area contributed by atoms with Gasteiger partial charge >= 0.3 is 0 Å². The highest BCUT2D eigenvalue weighted by molar-refractivity contribution is 5.76. The number of hydrogen-bond donors (Lipinski definition) is 4. The molecule has 140 valence electrons. The highest BCUT2D eigenvalue weighted by Crippen LogP contribution is 2.14. The molecule has 0 spiro atoms. The van der Waals surface area contributed by atoms with Crippen molar-refractivity contribution in [2.24, 2.45) is 0 Å². The van der Waals surface area contributed by atoms with E-state index in [0.29, 0.717) is 12.0 Å². The summed E-state index contributed by atoms with van der Waals surface area (Å²) in [5.41, 5.74) is 0.733. The zero-order chi connectivity index (χ0) is 18.4. The molecule has 0 aromatic carbocycles. The molecule has 1 amide bonds. The number of amides is 1. The Labute approximate surface area is 153 Å². The first-order valence-electron chi connectivity index (χ1n) is 8.97. The van der Waals surface area contributed by atoms with Crippen molar-refractivity contribution in [3.05, 3.63) is 24.7 Å². The fraction of sp³-hybridized carbons (Fsp3) is 0.529. The monoisotopic (exact) mass is 358 g/mol. The molecule has 1 saturated heterocycles. The maximum absolute atomic E-state index is 11.8. The summed E-state index contributed by atoms with van der Waals surface area (Å²) in [6.45, 7) is 5.96. The second-order valence-corrected chi connectivity index (χ2v) is 6.71. The summed E-state index contributed by atoms with van der Waals surface area (Å²) in [5, 5.41) is 16.9. The third-order valence-electron chi connectivity index (χ3n) is 3.99. The van der Waals surface area contributed by atoms with Crippen LogP contribution >= 0.6 is 0 Å². The maximum atomic E-state index is 11.8. The summed E-state index contributed by atoms with van der Waals surface area (Å²) in [5.74, 6) is 1.19. The minimum atomic E-state index is -0.0716. The lowest BCUT2D eigenvalue weighted by molar-refractivity contribution is -0.122. The Bertz CT molecular complexity index is 723. The molecule has 3 rings (SSSR count). The predicted molar refractivity (Wildman–Crippen MR) is 100 cm³/mol. The molecule has 1 unspecified atom stereocenters. The lowest BCUT2D eigenvalue weighted by Crippen LogP contribution is -2.33. The van der Waals surface area contributed by atoms with Gasteiger partial charge in [-0.3, -0.25) is 9.48 Å². The van der Waals surface area contributed by atoms with Crippen LogP contribution in [0.3, 0.4) is 0 Å². The Kier molecular flexibility index (Phi) is 6.00. The molecule has 1 aliphatic rings. The fourth-order valence-corrected chi connectivity index (χ4v) is 2.83. The van der Waals surface area contributed by atoms with E-state index in [9.17, 15) is 4.79 Å². The third kappa shape index (κ3) is 5.41. The molecule has 0 aliphatic carbocycles. The standard InChI is InChI=1S/C17H26N8O/c1-12(2)22-16(26)11-25-10-14(9-21-25)23-17-19-7-5-15(24-17)20-8-13-4-3-6-18-13/h5,7,9-10,12-13,18H,3-4,6,8,11H2,1-2H3,(H,22,26)(H2,19,20,23,24). The summed E-state index contributed by atoms with van der Waals surface area (Å²) in [6.07, 6.45) is 7.52. The molecule has 26 heavy (non-hydrogen) atoms. The molecule has 4 N–H and O–H groups in total. The first-order valence-corrected chi connectivity index (χ1v) is 8.97. The largest absolute Gasteiger partial charge is 0.368 e. The van der Waals surface area contributed by atoms with E-state index >= 15 is 0 Å². The lowest BCUT2D eigenvalue weighted by atomic mass is 10.2. The molecule has 9 heteroatoms. The fourth-order valence-electron chi connectivity index (χ4n) is 2.83.